The van der Waals surface area contributed by atoms with Gasteiger partial charge < -0.3 is 10.1 Å². The molecule has 0 radical (unpaired) electrons. The van der Waals surface area contributed by atoms with Crippen molar-refractivity contribution in [1.82, 2.24) is 15.1 Å². The number of aromatic amines is 1. The van der Waals surface area contributed by atoms with Crippen molar-refractivity contribution in [2.45, 2.75) is 26.7 Å². The second-order valence-electron chi connectivity index (χ2n) is 5.32. The van der Waals surface area contributed by atoms with E-state index in [4.69, 9.17) is 4.74 Å². The number of hydrogen-bond donors (Lipinski definition) is 2. The Bertz CT molecular complexity index is 806. The molecule has 0 fully saturated rings. The maximum absolute atomic E-state index is 13.1. The Morgan fingerprint density at radius 1 is 1.29 bits per heavy atom. The Morgan fingerprint density at radius 3 is 2.71 bits per heavy atom. The molecular formula is C18H24FN3O2. The Labute approximate surface area is 140 Å². The van der Waals surface area contributed by atoms with Crippen molar-refractivity contribution in [3.8, 4) is 5.69 Å². The average molecular weight is 333 g/mol. The molecule has 2 N–H and O–H groups in total. The van der Waals surface area contributed by atoms with Crippen molar-refractivity contribution in [3.63, 3.8) is 0 Å². The molecule has 1 aromatic heterocycles. The molecule has 2 rings (SSSR count). The summed E-state index contributed by atoms with van der Waals surface area (Å²) in [5, 5.41) is 7.56. The number of hydrogen-bond acceptors (Lipinski definition) is 3. The predicted molar refractivity (Wildman–Crippen MR) is 93.9 cm³/mol. The van der Waals surface area contributed by atoms with Crippen LogP contribution in [0.1, 0.15) is 26.7 Å². The first-order valence-corrected chi connectivity index (χ1v) is 8.25. The first kappa shape index (κ1) is 18.0. The quantitative estimate of drug-likeness (QED) is 0.715. The van der Waals surface area contributed by atoms with Gasteiger partial charge in [-0.05, 0) is 44.0 Å². The number of halogens is 1. The molecule has 0 amide bonds. The van der Waals surface area contributed by atoms with Crippen LogP contribution in [-0.4, -0.2) is 29.5 Å². The van der Waals surface area contributed by atoms with E-state index in [2.05, 4.69) is 10.4 Å². The first-order chi connectivity index (χ1) is 11.7. The average Bonchev–Trinajstić information content (AvgIpc) is 2.88. The van der Waals surface area contributed by atoms with E-state index in [0.717, 1.165) is 24.7 Å². The molecule has 0 bridgehead atoms. The minimum atomic E-state index is -0.332. The molecule has 24 heavy (non-hydrogen) atoms. The van der Waals surface area contributed by atoms with Gasteiger partial charge in [-0.3, -0.25) is 9.89 Å². The SMILES string of the molecule is CCC=c1[nH]n(-c2ccc(F)cc2)c(=O)c1=CNCCCOCC. The lowest BCUT2D eigenvalue weighted by Gasteiger charge is -2.00. The van der Waals surface area contributed by atoms with Crippen LogP contribution in [0.25, 0.3) is 18.0 Å². The van der Waals surface area contributed by atoms with Crippen LogP contribution in [0.3, 0.4) is 0 Å². The van der Waals surface area contributed by atoms with Gasteiger partial charge in [0.15, 0.2) is 0 Å². The van der Waals surface area contributed by atoms with Crippen LogP contribution in [0.4, 0.5) is 4.39 Å². The highest BCUT2D eigenvalue weighted by Gasteiger charge is 2.05. The van der Waals surface area contributed by atoms with Crippen LogP contribution in [0.5, 0.6) is 0 Å². The molecule has 0 unspecified atom stereocenters. The van der Waals surface area contributed by atoms with Gasteiger partial charge in [0.05, 0.1) is 16.3 Å². The van der Waals surface area contributed by atoms with Crippen molar-refractivity contribution in [3.05, 3.63) is 51.0 Å². The zero-order chi connectivity index (χ0) is 17.4. The van der Waals surface area contributed by atoms with Crippen molar-refractivity contribution < 1.29 is 9.13 Å². The van der Waals surface area contributed by atoms with Crippen molar-refractivity contribution in [2.75, 3.05) is 19.8 Å². The fraction of sp³-hybridized carbons (Fsp3) is 0.389. The number of benzene rings is 1. The molecule has 5 nitrogen and oxygen atoms in total. The maximum atomic E-state index is 13.1. The molecule has 2 aromatic rings. The van der Waals surface area contributed by atoms with Crippen LogP contribution in [0, 0.1) is 5.82 Å². The maximum Gasteiger partial charge on any atom is 0.280 e. The summed E-state index contributed by atoms with van der Waals surface area (Å²) < 4.78 is 19.8. The third-order valence-corrected chi connectivity index (χ3v) is 3.51. The summed E-state index contributed by atoms with van der Waals surface area (Å²) >= 11 is 0. The smallest absolute Gasteiger partial charge is 0.280 e. The van der Waals surface area contributed by atoms with Gasteiger partial charge in [-0.2, -0.15) is 0 Å². The van der Waals surface area contributed by atoms with Crippen LogP contribution in [0.2, 0.25) is 0 Å². The summed E-state index contributed by atoms with van der Waals surface area (Å²) in [4.78, 5) is 12.6. The molecule has 0 aliphatic heterocycles. The van der Waals surface area contributed by atoms with Gasteiger partial charge in [0.25, 0.3) is 5.56 Å². The molecule has 0 spiro atoms. The standard InChI is InChI=1S/C18H24FN3O2/c1-3-6-17-16(13-20-11-5-12-24-4-2)18(23)22(21-17)15-9-7-14(19)8-10-15/h6-10,13,20-21H,3-5,11-12H2,1-2H3. The second-order valence-corrected chi connectivity index (χ2v) is 5.32. The summed E-state index contributed by atoms with van der Waals surface area (Å²) in [6.07, 6.45) is 5.35. The monoisotopic (exact) mass is 333 g/mol. The molecule has 1 aromatic carbocycles. The van der Waals surface area contributed by atoms with Gasteiger partial charge in [-0.15, -0.1) is 0 Å². The third-order valence-electron chi connectivity index (χ3n) is 3.51. The van der Waals surface area contributed by atoms with E-state index in [1.165, 1.54) is 16.8 Å². The Balaban J connectivity index is 2.28. The molecule has 1 heterocycles. The fourth-order valence-electron chi connectivity index (χ4n) is 2.33. The molecule has 0 saturated heterocycles. The van der Waals surface area contributed by atoms with Gasteiger partial charge in [0.2, 0.25) is 0 Å². The first-order valence-electron chi connectivity index (χ1n) is 8.25. The van der Waals surface area contributed by atoms with Gasteiger partial charge in [0.1, 0.15) is 5.82 Å². The summed E-state index contributed by atoms with van der Waals surface area (Å²) in [5.41, 5.74) is 0.432. The number of aromatic nitrogens is 2. The van der Waals surface area contributed by atoms with Crippen LogP contribution in [-0.2, 0) is 4.74 Å². The van der Waals surface area contributed by atoms with E-state index in [9.17, 15) is 9.18 Å². The highest BCUT2D eigenvalue weighted by Crippen LogP contribution is 2.03. The Morgan fingerprint density at radius 2 is 2.04 bits per heavy atom. The molecule has 130 valence electrons. The zero-order valence-electron chi connectivity index (χ0n) is 14.1. The largest absolute Gasteiger partial charge is 0.390 e. The Hall–Kier alpha value is -2.34. The molecule has 0 aliphatic rings. The normalized spacial score (nSPS) is 12.8. The fourth-order valence-corrected chi connectivity index (χ4v) is 2.33. The van der Waals surface area contributed by atoms with Crippen LogP contribution >= 0.6 is 0 Å². The molecular weight excluding hydrogens is 309 g/mol. The van der Waals surface area contributed by atoms with Gasteiger partial charge in [-0.25, -0.2) is 9.07 Å². The summed E-state index contributed by atoms with van der Waals surface area (Å²) in [6.45, 7) is 6.10. The molecule has 0 atom stereocenters. The lowest BCUT2D eigenvalue weighted by Crippen LogP contribution is -2.36. The number of H-pyrrole nitrogens is 1. The van der Waals surface area contributed by atoms with E-state index >= 15 is 0 Å². The van der Waals surface area contributed by atoms with E-state index in [1.54, 1.807) is 18.3 Å². The zero-order valence-corrected chi connectivity index (χ0v) is 14.1. The minimum Gasteiger partial charge on any atom is -0.390 e. The summed E-state index contributed by atoms with van der Waals surface area (Å²) in [5.74, 6) is -0.332. The van der Waals surface area contributed by atoms with Crippen molar-refractivity contribution >= 4 is 12.3 Å². The summed E-state index contributed by atoms with van der Waals surface area (Å²) in [6, 6.07) is 5.81. The van der Waals surface area contributed by atoms with Crippen LogP contribution < -0.4 is 21.4 Å². The lowest BCUT2D eigenvalue weighted by atomic mass is 10.3. The number of ether oxygens (including phenoxy) is 1. The highest BCUT2D eigenvalue weighted by molar-refractivity contribution is 5.33. The predicted octanol–water partition coefficient (Wildman–Crippen LogP) is 1.25. The second kappa shape index (κ2) is 9.08. The van der Waals surface area contributed by atoms with Gasteiger partial charge in [-0.1, -0.05) is 13.0 Å². The highest BCUT2D eigenvalue weighted by atomic mass is 19.1. The summed E-state index contributed by atoms with van der Waals surface area (Å²) in [7, 11) is 0. The molecule has 0 saturated carbocycles. The van der Waals surface area contributed by atoms with E-state index in [0.29, 0.717) is 24.1 Å². The van der Waals surface area contributed by atoms with Crippen LogP contribution in [0.15, 0.2) is 29.1 Å². The van der Waals surface area contributed by atoms with E-state index in [1.807, 2.05) is 19.9 Å². The third kappa shape index (κ3) is 4.58. The lowest BCUT2D eigenvalue weighted by molar-refractivity contribution is 0.145. The Kier molecular flexibility index (Phi) is 6.81. The van der Waals surface area contributed by atoms with Gasteiger partial charge in [0, 0.05) is 26.0 Å². The van der Waals surface area contributed by atoms with Crippen molar-refractivity contribution in [1.29, 1.82) is 0 Å². The minimum absolute atomic E-state index is 0.168. The number of nitrogens with one attached hydrogen (secondary N) is 2. The number of rotatable bonds is 8. The van der Waals surface area contributed by atoms with Crippen molar-refractivity contribution in [2.24, 2.45) is 0 Å². The molecule has 6 heteroatoms. The van der Waals surface area contributed by atoms with Gasteiger partial charge >= 0.3 is 0 Å². The number of nitrogens with zero attached hydrogens (tertiary/aromatic N) is 1. The van der Waals surface area contributed by atoms with E-state index < -0.39 is 0 Å². The van der Waals surface area contributed by atoms with E-state index in [-0.39, 0.29) is 11.4 Å². The topological polar surface area (TPSA) is 59.0 Å². The molecule has 0 aliphatic carbocycles.